The Morgan fingerprint density at radius 2 is 2.19 bits per heavy atom. The third-order valence-corrected chi connectivity index (χ3v) is 2.21. The zero-order valence-electron chi connectivity index (χ0n) is 8.71. The molecule has 0 unspecified atom stereocenters. The summed E-state index contributed by atoms with van der Waals surface area (Å²) in [6, 6.07) is 3.46. The highest BCUT2D eigenvalue weighted by molar-refractivity contribution is 5.92. The number of primary amides is 1. The smallest absolute Gasteiger partial charge is 0.251 e. The molecular weight excluding hydrogens is 206 g/mol. The van der Waals surface area contributed by atoms with Crippen LogP contribution < -0.4 is 11.5 Å². The molecule has 0 aliphatic rings. The molecule has 2 heterocycles. The second-order valence-electron chi connectivity index (χ2n) is 3.38. The van der Waals surface area contributed by atoms with Crippen LogP contribution in [-0.4, -0.2) is 20.7 Å². The fraction of sp³-hybridized carbons (Fsp3) is 0.100. The molecule has 82 valence electrons. The molecule has 0 bridgehead atoms. The van der Waals surface area contributed by atoms with Crippen molar-refractivity contribution in [3.8, 4) is 5.82 Å². The number of carbonyl (C=O) groups excluding carboxylic acids is 1. The molecule has 0 radical (unpaired) electrons. The van der Waals surface area contributed by atoms with Crippen molar-refractivity contribution in [3.05, 3.63) is 35.8 Å². The number of rotatable bonds is 2. The van der Waals surface area contributed by atoms with Crippen LogP contribution in [0.1, 0.15) is 16.1 Å². The molecule has 0 saturated carbocycles. The number of carbonyl (C=O) groups is 1. The van der Waals surface area contributed by atoms with Crippen LogP contribution in [0.15, 0.2) is 24.5 Å². The molecule has 0 atom stereocenters. The number of pyridine rings is 1. The van der Waals surface area contributed by atoms with E-state index in [9.17, 15) is 4.79 Å². The second-order valence-corrected chi connectivity index (χ2v) is 3.38. The quantitative estimate of drug-likeness (QED) is 0.753. The van der Waals surface area contributed by atoms with Gasteiger partial charge in [0.05, 0.1) is 23.1 Å². The van der Waals surface area contributed by atoms with Gasteiger partial charge in [0.15, 0.2) is 5.82 Å². The summed E-state index contributed by atoms with van der Waals surface area (Å²) in [5, 5.41) is 3.99. The van der Waals surface area contributed by atoms with Gasteiger partial charge >= 0.3 is 0 Å². The summed E-state index contributed by atoms with van der Waals surface area (Å²) in [4.78, 5) is 15.1. The van der Waals surface area contributed by atoms with Gasteiger partial charge in [0.25, 0.3) is 5.91 Å². The second kappa shape index (κ2) is 3.65. The van der Waals surface area contributed by atoms with Crippen molar-refractivity contribution in [2.75, 3.05) is 5.73 Å². The molecule has 6 nitrogen and oxygen atoms in total. The van der Waals surface area contributed by atoms with Crippen molar-refractivity contribution in [2.45, 2.75) is 6.92 Å². The van der Waals surface area contributed by atoms with Gasteiger partial charge in [0.1, 0.15) is 0 Å². The van der Waals surface area contributed by atoms with Crippen LogP contribution in [0.2, 0.25) is 0 Å². The van der Waals surface area contributed by atoms with Gasteiger partial charge in [-0.25, -0.2) is 9.67 Å². The number of amides is 1. The topological polar surface area (TPSA) is 99.8 Å². The molecule has 0 aliphatic heterocycles. The fourth-order valence-corrected chi connectivity index (χ4v) is 1.26. The minimum Gasteiger partial charge on any atom is -0.397 e. The van der Waals surface area contributed by atoms with Crippen molar-refractivity contribution in [2.24, 2.45) is 5.73 Å². The Kier molecular flexibility index (Phi) is 2.32. The maximum atomic E-state index is 10.9. The van der Waals surface area contributed by atoms with Gasteiger partial charge in [0.2, 0.25) is 0 Å². The van der Waals surface area contributed by atoms with Gasteiger partial charge in [0, 0.05) is 6.20 Å². The standard InChI is InChI=1S/C10H11N5O/c1-6-8(11)2-3-9(14-6)15-5-7(4-13-15)10(12)16/h2-5H,11H2,1H3,(H2,12,16). The van der Waals surface area contributed by atoms with E-state index in [4.69, 9.17) is 11.5 Å². The van der Waals surface area contributed by atoms with Crippen molar-refractivity contribution in [1.29, 1.82) is 0 Å². The SMILES string of the molecule is Cc1nc(-n2cc(C(N)=O)cn2)ccc1N. The number of aryl methyl sites for hydroxylation is 1. The lowest BCUT2D eigenvalue weighted by atomic mass is 10.3. The predicted octanol–water partition coefficient (Wildman–Crippen LogP) is 0.257. The molecule has 6 heteroatoms. The summed E-state index contributed by atoms with van der Waals surface area (Å²) < 4.78 is 1.48. The fourth-order valence-electron chi connectivity index (χ4n) is 1.26. The number of aromatic nitrogens is 3. The summed E-state index contributed by atoms with van der Waals surface area (Å²) in [6.45, 7) is 1.80. The zero-order valence-corrected chi connectivity index (χ0v) is 8.71. The molecule has 0 saturated heterocycles. The Hall–Kier alpha value is -2.37. The van der Waals surface area contributed by atoms with Crippen molar-refractivity contribution in [3.63, 3.8) is 0 Å². The highest BCUT2D eigenvalue weighted by Crippen LogP contribution is 2.11. The maximum absolute atomic E-state index is 10.9. The van der Waals surface area contributed by atoms with E-state index in [2.05, 4.69) is 10.1 Å². The van der Waals surface area contributed by atoms with E-state index >= 15 is 0 Å². The third-order valence-electron chi connectivity index (χ3n) is 2.21. The first-order valence-corrected chi connectivity index (χ1v) is 4.66. The molecular formula is C10H11N5O. The number of hydrogen-bond donors (Lipinski definition) is 2. The van der Waals surface area contributed by atoms with E-state index in [-0.39, 0.29) is 0 Å². The van der Waals surface area contributed by atoms with E-state index in [1.165, 1.54) is 17.1 Å². The van der Waals surface area contributed by atoms with Gasteiger partial charge in [-0.1, -0.05) is 0 Å². The van der Waals surface area contributed by atoms with Crippen LogP contribution in [0.25, 0.3) is 5.82 Å². The number of anilines is 1. The average molecular weight is 217 g/mol. The Labute approximate surface area is 91.9 Å². The summed E-state index contributed by atoms with van der Waals surface area (Å²) in [7, 11) is 0. The van der Waals surface area contributed by atoms with E-state index in [1.54, 1.807) is 19.1 Å². The number of nitrogens with zero attached hydrogens (tertiary/aromatic N) is 3. The monoisotopic (exact) mass is 217 g/mol. The molecule has 0 aromatic carbocycles. The highest BCUT2D eigenvalue weighted by Gasteiger charge is 2.06. The molecule has 4 N–H and O–H groups in total. The molecule has 2 aromatic rings. The number of nitrogens with two attached hydrogens (primary N) is 2. The van der Waals surface area contributed by atoms with Gasteiger partial charge in [-0.3, -0.25) is 4.79 Å². The first kappa shape index (κ1) is 10.2. The molecule has 1 amide bonds. The lowest BCUT2D eigenvalue weighted by Crippen LogP contribution is -2.09. The van der Waals surface area contributed by atoms with Crippen molar-refractivity contribution < 1.29 is 4.79 Å². The van der Waals surface area contributed by atoms with Crippen LogP contribution in [0.3, 0.4) is 0 Å². The van der Waals surface area contributed by atoms with E-state index < -0.39 is 5.91 Å². The minimum atomic E-state index is -0.515. The maximum Gasteiger partial charge on any atom is 0.251 e. The van der Waals surface area contributed by atoms with Crippen LogP contribution in [-0.2, 0) is 0 Å². The van der Waals surface area contributed by atoms with Crippen LogP contribution >= 0.6 is 0 Å². The van der Waals surface area contributed by atoms with Gasteiger partial charge in [-0.15, -0.1) is 0 Å². The summed E-state index contributed by atoms with van der Waals surface area (Å²) >= 11 is 0. The Morgan fingerprint density at radius 3 is 2.75 bits per heavy atom. The lowest BCUT2D eigenvalue weighted by molar-refractivity contribution is 0.100. The Balaban J connectivity index is 2.42. The van der Waals surface area contributed by atoms with E-state index in [0.29, 0.717) is 22.8 Å². The van der Waals surface area contributed by atoms with Gasteiger partial charge in [-0.2, -0.15) is 5.10 Å². The molecule has 2 aromatic heterocycles. The molecule has 0 spiro atoms. The largest absolute Gasteiger partial charge is 0.397 e. The molecule has 0 fully saturated rings. The molecule has 2 rings (SSSR count). The Morgan fingerprint density at radius 1 is 1.44 bits per heavy atom. The van der Waals surface area contributed by atoms with Crippen LogP contribution in [0, 0.1) is 6.92 Å². The predicted molar refractivity (Wildman–Crippen MR) is 59.0 cm³/mol. The first-order chi connectivity index (χ1) is 7.58. The number of hydrogen-bond acceptors (Lipinski definition) is 4. The molecule has 0 aliphatic carbocycles. The number of nitrogen functional groups attached to an aromatic ring is 1. The van der Waals surface area contributed by atoms with Gasteiger partial charge in [-0.05, 0) is 19.1 Å². The summed E-state index contributed by atoms with van der Waals surface area (Å²) in [5.74, 6) is 0.0811. The van der Waals surface area contributed by atoms with Crippen LogP contribution in [0.5, 0.6) is 0 Å². The van der Waals surface area contributed by atoms with Gasteiger partial charge < -0.3 is 11.5 Å². The zero-order chi connectivity index (χ0) is 11.7. The van der Waals surface area contributed by atoms with Crippen LogP contribution in [0.4, 0.5) is 5.69 Å². The van der Waals surface area contributed by atoms with Crippen molar-refractivity contribution in [1.82, 2.24) is 14.8 Å². The normalized spacial score (nSPS) is 10.3. The average Bonchev–Trinajstić information content (AvgIpc) is 2.71. The Bertz CT molecular complexity index is 546. The summed E-state index contributed by atoms with van der Waals surface area (Å²) in [5.41, 5.74) is 12.5. The third kappa shape index (κ3) is 1.72. The minimum absolute atomic E-state index is 0.344. The van der Waals surface area contributed by atoms with E-state index in [1.807, 2.05) is 0 Å². The van der Waals surface area contributed by atoms with Crippen molar-refractivity contribution >= 4 is 11.6 Å². The van der Waals surface area contributed by atoms with E-state index in [0.717, 1.165) is 0 Å². The highest BCUT2D eigenvalue weighted by atomic mass is 16.1. The summed E-state index contributed by atoms with van der Waals surface area (Å²) in [6.07, 6.45) is 2.93. The first-order valence-electron chi connectivity index (χ1n) is 4.66. The lowest BCUT2D eigenvalue weighted by Gasteiger charge is -2.03. The molecule has 16 heavy (non-hydrogen) atoms.